The molecule has 0 aromatic heterocycles. The van der Waals surface area contributed by atoms with Gasteiger partial charge in [0.05, 0.1) is 0 Å². The van der Waals surface area contributed by atoms with Crippen LogP contribution in [0.25, 0.3) is 0 Å². The van der Waals surface area contributed by atoms with Crippen molar-refractivity contribution in [3.63, 3.8) is 0 Å². The topological polar surface area (TPSA) is 66.6 Å². The van der Waals surface area contributed by atoms with Crippen LogP contribution in [0.3, 0.4) is 0 Å². The zero-order valence-corrected chi connectivity index (χ0v) is 11.2. The van der Waals surface area contributed by atoms with Gasteiger partial charge >= 0.3 is 0 Å². The lowest BCUT2D eigenvalue weighted by Crippen LogP contribution is -2.46. The lowest BCUT2D eigenvalue weighted by Gasteiger charge is -2.33. The second-order valence-electron chi connectivity index (χ2n) is 5.03. The van der Waals surface area contributed by atoms with Gasteiger partial charge in [-0.25, -0.2) is 0 Å². The quantitative estimate of drug-likeness (QED) is 0.796. The maximum Gasteiger partial charge on any atom is 0.281 e. The third-order valence-corrected chi connectivity index (χ3v) is 5.90. The van der Waals surface area contributed by atoms with Crippen LogP contribution < -0.4 is 5.73 Å². The number of piperidine rings is 1. The smallest absolute Gasteiger partial charge is 0.281 e. The van der Waals surface area contributed by atoms with Crippen LogP contribution >= 0.6 is 0 Å². The molecule has 6 heteroatoms. The van der Waals surface area contributed by atoms with E-state index in [1.807, 2.05) is 0 Å². The van der Waals surface area contributed by atoms with Crippen LogP contribution in [0, 0.1) is 5.92 Å². The molecule has 0 saturated carbocycles. The molecule has 0 spiro atoms. The van der Waals surface area contributed by atoms with Crippen molar-refractivity contribution in [3.8, 4) is 0 Å². The normalized spacial score (nSPS) is 25.5. The monoisotopic (exact) mass is 261 g/mol. The van der Waals surface area contributed by atoms with Crippen LogP contribution in [0.2, 0.25) is 0 Å². The number of hydrogen-bond acceptors (Lipinski definition) is 3. The summed E-state index contributed by atoms with van der Waals surface area (Å²) in [7, 11) is -3.16. The van der Waals surface area contributed by atoms with Gasteiger partial charge < -0.3 is 5.73 Å². The molecule has 5 nitrogen and oxygen atoms in total. The van der Waals surface area contributed by atoms with Crippen molar-refractivity contribution in [2.45, 2.75) is 32.1 Å². The highest BCUT2D eigenvalue weighted by Crippen LogP contribution is 2.24. The van der Waals surface area contributed by atoms with Crippen molar-refractivity contribution in [2.24, 2.45) is 11.7 Å². The zero-order valence-electron chi connectivity index (χ0n) is 10.3. The Labute approximate surface area is 104 Å². The Hall–Kier alpha value is -0.170. The Morgan fingerprint density at radius 2 is 1.53 bits per heavy atom. The largest absolute Gasteiger partial charge is 0.330 e. The molecule has 2 N–H and O–H groups in total. The maximum absolute atomic E-state index is 12.3. The fourth-order valence-corrected chi connectivity index (χ4v) is 4.47. The Morgan fingerprint density at radius 3 is 2.06 bits per heavy atom. The van der Waals surface area contributed by atoms with Gasteiger partial charge in [-0.05, 0) is 44.6 Å². The Morgan fingerprint density at radius 1 is 1.00 bits per heavy atom. The molecule has 0 amide bonds. The van der Waals surface area contributed by atoms with Gasteiger partial charge in [0.25, 0.3) is 10.2 Å². The maximum atomic E-state index is 12.3. The summed E-state index contributed by atoms with van der Waals surface area (Å²) in [4.78, 5) is 0. The SMILES string of the molecule is NCCC1CCN(S(=O)(=O)N2CCCC2)CC1. The van der Waals surface area contributed by atoms with E-state index in [1.54, 1.807) is 8.61 Å². The highest BCUT2D eigenvalue weighted by molar-refractivity contribution is 7.86. The second-order valence-corrected chi connectivity index (χ2v) is 6.96. The number of nitrogens with two attached hydrogens (primary N) is 1. The Balaban J connectivity index is 1.91. The first-order valence-electron chi connectivity index (χ1n) is 6.60. The molecule has 0 unspecified atom stereocenters. The lowest BCUT2D eigenvalue weighted by molar-refractivity contribution is 0.252. The minimum Gasteiger partial charge on any atom is -0.330 e. The molecule has 2 fully saturated rings. The van der Waals surface area contributed by atoms with E-state index in [2.05, 4.69) is 0 Å². The fraction of sp³-hybridized carbons (Fsp3) is 1.00. The average Bonchev–Trinajstić information content (AvgIpc) is 2.84. The number of nitrogens with zero attached hydrogens (tertiary/aromatic N) is 2. The van der Waals surface area contributed by atoms with E-state index < -0.39 is 10.2 Å². The van der Waals surface area contributed by atoms with Crippen LogP contribution in [0.1, 0.15) is 32.1 Å². The molecule has 0 bridgehead atoms. The summed E-state index contributed by atoms with van der Waals surface area (Å²) in [5.74, 6) is 0.616. The minimum atomic E-state index is -3.16. The lowest BCUT2D eigenvalue weighted by atomic mass is 9.95. The van der Waals surface area contributed by atoms with E-state index in [1.165, 1.54) is 0 Å². The molecular weight excluding hydrogens is 238 g/mol. The summed E-state index contributed by atoms with van der Waals surface area (Å²) in [6.45, 7) is 3.45. The molecule has 0 aromatic rings. The number of rotatable bonds is 4. The van der Waals surface area contributed by atoms with Gasteiger partial charge in [0.2, 0.25) is 0 Å². The van der Waals surface area contributed by atoms with Crippen LogP contribution in [-0.4, -0.2) is 49.8 Å². The van der Waals surface area contributed by atoms with E-state index in [0.29, 0.717) is 38.6 Å². The summed E-state index contributed by atoms with van der Waals surface area (Å²) < 4.78 is 27.9. The van der Waals surface area contributed by atoms with Crippen molar-refractivity contribution in [2.75, 3.05) is 32.7 Å². The van der Waals surface area contributed by atoms with E-state index >= 15 is 0 Å². The van der Waals surface area contributed by atoms with E-state index in [-0.39, 0.29) is 0 Å². The van der Waals surface area contributed by atoms with Crippen molar-refractivity contribution < 1.29 is 8.42 Å². The standard InChI is InChI=1S/C11H23N3O2S/c12-6-3-11-4-9-14(10-5-11)17(15,16)13-7-1-2-8-13/h11H,1-10,12H2. The fourth-order valence-electron chi connectivity index (χ4n) is 2.75. The van der Waals surface area contributed by atoms with Crippen molar-refractivity contribution >= 4 is 10.2 Å². The van der Waals surface area contributed by atoms with Crippen molar-refractivity contribution in [3.05, 3.63) is 0 Å². The van der Waals surface area contributed by atoms with Gasteiger partial charge in [0.1, 0.15) is 0 Å². The molecular formula is C11H23N3O2S. The van der Waals surface area contributed by atoms with Gasteiger partial charge in [-0.15, -0.1) is 0 Å². The van der Waals surface area contributed by atoms with Gasteiger partial charge in [0, 0.05) is 26.2 Å². The van der Waals surface area contributed by atoms with Gasteiger partial charge in [-0.2, -0.15) is 17.0 Å². The first kappa shape index (κ1) is 13.3. The van der Waals surface area contributed by atoms with E-state index in [4.69, 9.17) is 5.73 Å². The molecule has 0 atom stereocenters. The third-order valence-electron chi connectivity index (χ3n) is 3.87. The second kappa shape index (κ2) is 5.65. The van der Waals surface area contributed by atoms with Gasteiger partial charge in [-0.3, -0.25) is 0 Å². The molecule has 2 saturated heterocycles. The van der Waals surface area contributed by atoms with Crippen LogP contribution in [0.5, 0.6) is 0 Å². The highest BCUT2D eigenvalue weighted by atomic mass is 32.2. The molecule has 2 aliphatic heterocycles. The third kappa shape index (κ3) is 2.99. The van der Waals surface area contributed by atoms with Crippen LogP contribution in [0.4, 0.5) is 0 Å². The molecule has 2 rings (SSSR count). The van der Waals surface area contributed by atoms with Gasteiger partial charge in [0.15, 0.2) is 0 Å². The minimum absolute atomic E-state index is 0.616. The Kier molecular flexibility index (Phi) is 4.41. The summed E-state index contributed by atoms with van der Waals surface area (Å²) in [5.41, 5.74) is 5.54. The molecule has 100 valence electrons. The molecule has 2 heterocycles. The summed E-state index contributed by atoms with van der Waals surface area (Å²) in [6.07, 6.45) is 4.96. The van der Waals surface area contributed by atoms with E-state index in [0.717, 1.165) is 32.1 Å². The predicted octanol–water partition coefficient (Wildman–Crippen LogP) is 0.388. The molecule has 0 radical (unpaired) electrons. The summed E-state index contributed by atoms with van der Waals surface area (Å²) in [5, 5.41) is 0. The summed E-state index contributed by atoms with van der Waals surface area (Å²) >= 11 is 0. The molecule has 2 aliphatic rings. The first-order chi connectivity index (χ1) is 8.14. The van der Waals surface area contributed by atoms with Crippen LogP contribution in [-0.2, 0) is 10.2 Å². The molecule has 0 aromatic carbocycles. The van der Waals surface area contributed by atoms with Gasteiger partial charge in [-0.1, -0.05) is 0 Å². The molecule has 0 aliphatic carbocycles. The van der Waals surface area contributed by atoms with Crippen LogP contribution in [0.15, 0.2) is 0 Å². The molecule has 17 heavy (non-hydrogen) atoms. The van der Waals surface area contributed by atoms with Crippen molar-refractivity contribution in [1.82, 2.24) is 8.61 Å². The summed E-state index contributed by atoms with van der Waals surface area (Å²) in [6, 6.07) is 0. The van der Waals surface area contributed by atoms with E-state index in [9.17, 15) is 8.42 Å². The predicted molar refractivity (Wildman–Crippen MR) is 67.7 cm³/mol. The zero-order chi connectivity index (χ0) is 12.3. The van der Waals surface area contributed by atoms with Crippen molar-refractivity contribution in [1.29, 1.82) is 0 Å². The highest BCUT2D eigenvalue weighted by Gasteiger charge is 2.33. The first-order valence-corrected chi connectivity index (χ1v) is 7.99. The Bertz CT molecular complexity index is 331. The average molecular weight is 261 g/mol. The number of hydrogen-bond donors (Lipinski definition) is 1.